The zero-order chi connectivity index (χ0) is 25.6. The van der Waals surface area contributed by atoms with E-state index in [0.29, 0.717) is 0 Å². The fourth-order valence-electron chi connectivity index (χ4n) is 3.78. The van der Waals surface area contributed by atoms with E-state index in [1.165, 1.54) is 0 Å². The van der Waals surface area contributed by atoms with Crippen LogP contribution in [-0.4, -0.2) is 44.0 Å². The minimum Gasteiger partial charge on any atom is -0.497 e. The molecule has 1 N–H and O–H groups in total. The molecule has 0 radical (unpaired) electrons. The van der Waals surface area contributed by atoms with Crippen LogP contribution in [0.15, 0.2) is 36.4 Å². The predicted molar refractivity (Wildman–Crippen MR) is 132 cm³/mol. The maximum atomic E-state index is 12.9. The summed E-state index contributed by atoms with van der Waals surface area (Å²) in [6.45, 7) is 12.7. The molecule has 7 heteroatoms. The highest BCUT2D eigenvalue weighted by molar-refractivity contribution is 5.81. The van der Waals surface area contributed by atoms with Gasteiger partial charge in [-0.15, -0.1) is 0 Å². The van der Waals surface area contributed by atoms with E-state index in [0.717, 1.165) is 33.8 Å². The molecule has 0 unspecified atom stereocenters. The standard InChI is InChI=1S/C27H37NO6/c1-16-10-20(14-22(12-16)31-8)24(21-11-17(2)13-23(15-21)32-9)19(4)33-25(29)18(3)28-26(30)34-27(5,6)7/h10-15,18-19,24H,1-9H3,(H,28,30)/t18-,19-/m0/s1. The second kappa shape index (κ2) is 11.3. The molecular formula is C27H37NO6. The summed E-state index contributed by atoms with van der Waals surface area (Å²) in [7, 11) is 3.24. The number of carbonyl (C=O) groups excluding carboxylic acids is 2. The lowest BCUT2D eigenvalue weighted by atomic mass is 9.85. The highest BCUT2D eigenvalue weighted by atomic mass is 16.6. The second-order valence-corrected chi connectivity index (χ2v) is 9.55. The van der Waals surface area contributed by atoms with E-state index < -0.39 is 29.8 Å². The summed E-state index contributed by atoms with van der Waals surface area (Å²) in [6.07, 6.45) is -1.22. The number of hydrogen-bond donors (Lipinski definition) is 1. The van der Waals surface area contributed by atoms with Gasteiger partial charge in [-0.3, -0.25) is 0 Å². The molecule has 1 amide bonds. The average molecular weight is 472 g/mol. The third kappa shape index (κ3) is 7.68. The van der Waals surface area contributed by atoms with Crippen molar-refractivity contribution in [3.8, 4) is 11.5 Å². The van der Waals surface area contributed by atoms with Gasteiger partial charge < -0.3 is 24.3 Å². The van der Waals surface area contributed by atoms with Crippen molar-refractivity contribution in [3.05, 3.63) is 58.7 Å². The van der Waals surface area contributed by atoms with Gasteiger partial charge in [0, 0.05) is 5.92 Å². The zero-order valence-corrected chi connectivity index (χ0v) is 21.6. The molecule has 0 spiro atoms. The topological polar surface area (TPSA) is 83.1 Å². The predicted octanol–water partition coefficient (Wildman–Crippen LogP) is 5.30. The number of nitrogens with one attached hydrogen (secondary N) is 1. The molecule has 2 aromatic carbocycles. The van der Waals surface area contributed by atoms with Crippen LogP contribution in [0.25, 0.3) is 0 Å². The van der Waals surface area contributed by atoms with Crippen LogP contribution in [0, 0.1) is 13.8 Å². The molecule has 2 atom stereocenters. The van der Waals surface area contributed by atoms with Gasteiger partial charge in [0.1, 0.15) is 29.2 Å². The number of alkyl carbamates (subject to hydrolysis) is 1. The SMILES string of the molecule is COc1cc(C)cc(C(c2cc(C)cc(OC)c2)[C@H](C)OC(=O)[C@H](C)NC(=O)OC(C)(C)C)c1. The Balaban J connectivity index is 2.36. The molecular weight excluding hydrogens is 434 g/mol. The third-order valence-electron chi connectivity index (χ3n) is 5.19. The van der Waals surface area contributed by atoms with E-state index in [1.807, 2.05) is 45.0 Å². The smallest absolute Gasteiger partial charge is 0.408 e. The van der Waals surface area contributed by atoms with Crippen molar-refractivity contribution in [2.75, 3.05) is 14.2 Å². The first kappa shape index (κ1) is 27.0. The van der Waals surface area contributed by atoms with E-state index in [4.69, 9.17) is 18.9 Å². The molecule has 0 aromatic heterocycles. The van der Waals surface area contributed by atoms with Crippen molar-refractivity contribution in [1.29, 1.82) is 0 Å². The van der Waals surface area contributed by atoms with Crippen LogP contribution < -0.4 is 14.8 Å². The lowest BCUT2D eigenvalue weighted by Gasteiger charge is -2.28. The summed E-state index contributed by atoms with van der Waals surface area (Å²) in [5, 5.41) is 2.54. The minimum atomic E-state index is -0.878. The number of methoxy groups -OCH3 is 2. The van der Waals surface area contributed by atoms with E-state index in [1.54, 1.807) is 41.9 Å². The summed E-state index contributed by atoms with van der Waals surface area (Å²) >= 11 is 0. The largest absolute Gasteiger partial charge is 0.497 e. The highest BCUT2D eigenvalue weighted by Gasteiger charge is 2.29. The molecule has 0 heterocycles. The van der Waals surface area contributed by atoms with Crippen LogP contribution in [0.1, 0.15) is 62.8 Å². The lowest BCUT2D eigenvalue weighted by molar-refractivity contribution is -0.150. The van der Waals surface area contributed by atoms with Crippen LogP contribution in [0.4, 0.5) is 4.79 Å². The Morgan fingerprint density at radius 3 is 1.71 bits per heavy atom. The number of esters is 1. The molecule has 0 aliphatic carbocycles. The summed E-state index contributed by atoms with van der Waals surface area (Å²) in [6, 6.07) is 11.0. The number of ether oxygens (including phenoxy) is 4. The van der Waals surface area contributed by atoms with Crippen LogP contribution in [0.5, 0.6) is 11.5 Å². The number of aryl methyl sites for hydroxylation is 2. The number of benzene rings is 2. The number of carbonyl (C=O) groups is 2. The lowest BCUT2D eigenvalue weighted by Crippen LogP contribution is -2.43. The van der Waals surface area contributed by atoms with Crippen molar-refractivity contribution in [3.63, 3.8) is 0 Å². The Bertz CT molecular complexity index is 957. The second-order valence-electron chi connectivity index (χ2n) is 9.55. The van der Waals surface area contributed by atoms with E-state index in [2.05, 4.69) is 17.4 Å². The Morgan fingerprint density at radius 1 is 0.824 bits per heavy atom. The van der Waals surface area contributed by atoms with E-state index in [-0.39, 0.29) is 5.92 Å². The monoisotopic (exact) mass is 471 g/mol. The molecule has 0 aliphatic rings. The van der Waals surface area contributed by atoms with Crippen LogP contribution in [0.3, 0.4) is 0 Å². The molecule has 2 rings (SSSR count). The van der Waals surface area contributed by atoms with Crippen LogP contribution in [-0.2, 0) is 14.3 Å². The number of hydrogen-bond acceptors (Lipinski definition) is 6. The van der Waals surface area contributed by atoms with Crippen molar-refractivity contribution < 1.29 is 28.5 Å². The van der Waals surface area contributed by atoms with Gasteiger partial charge in [0.25, 0.3) is 0 Å². The van der Waals surface area contributed by atoms with Gasteiger partial charge in [0.2, 0.25) is 0 Å². The first-order valence-electron chi connectivity index (χ1n) is 11.3. The molecule has 34 heavy (non-hydrogen) atoms. The van der Waals surface area contributed by atoms with Crippen molar-refractivity contribution in [1.82, 2.24) is 5.32 Å². The Kier molecular flexibility index (Phi) is 8.96. The first-order valence-corrected chi connectivity index (χ1v) is 11.3. The van der Waals surface area contributed by atoms with Crippen LogP contribution in [0.2, 0.25) is 0 Å². The number of amides is 1. The molecule has 0 bridgehead atoms. The molecule has 7 nitrogen and oxygen atoms in total. The molecule has 2 aromatic rings. The fraction of sp³-hybridized carbons (Fsp3) is 0.481. The molecule has 186 valence electrons. The third-order valence-corrected chi connectivity index (χ3v) is 5.19. The Hall–Kier alpha value is -3.22. The van der Waals surface area contributed by atoms with Gasteiger partial charge in [0.05, 0.1) is 14.2 Å². The van der Waals surface area contributed by atoms with Crippen LogP contribution >= 0.6 is 0 Å². The van der Waals surface area contributed by atoms with Gasteiger partial charge in [-0.1, -0.05) is 12.1 Å². The van der Waals surface area contributed by atoms with Crippen molar-refractivity contribution >= 4 is 12.1 Å². The first-order chi connectivity index (χ1) is 15.8. The average Bonchev–Trinajstić information content (AvgIpc) is 2.71. The maximum Gasteiger partial charge on any atom is 0.408 e. The summed E-state index contributed by atoms with van der Waals surface area (Å²) in [5.41, 5.74) is 3.27. The highest BCUT2D eigenvalue weighted by Crippen LogP contribution is 2.35. The van der Waals surface area contributed by atoms with Gasteiger partial charge in [-0.25, -0.2) is 9.59 Å². The van der Waals surface area contributed by atoms with Gasteiger partial charge in [-0.05, 0) is 95.0 Å². The van der Waals surface area contributed by atoms with E-state index in [9.17, 15) is 9.59 Å². The fourth-order valence-corrected chi connectivity index (χ4v) is 3.78. The van der Waals surface area contributed by atoms with Crippen molar-refractivity contribution in [2.24, 2.45) is 0 Å². The Labute approximate surface area is 202 Å². The normalized spacial score (nSPS) is 13.1. The Morgan fingerprint density at radius 2 is 1.29 bits per heavy atom. The van der Waals surface area contributed by atoms with Gasteiger partial charge in [0.15, 0.2) is 0 Å². The molecule has 0 saturated heterocycles. The summed E-state index contributed by atoms with van der Waals surface area (Å²) in [5.74, 6) is 0.596. The molecule has 0 aliphatic heterocycles. The zero-order valence-electron chi connectivity index (χ0n) is 21.6. The van der Waals surface area contributed by atoms with Gasteiger partial charge >= 0.3 is 12.1 Å². The maximum absolute atomic E-state index is 12.9. The molecule has 0 fully saturated rings. The minimum absolute atomic E-state index is 0.291. The summed E-state index contributed by atoms with van der Waals surface area (Å²) in [4.78, 5) is 24.9. The quantitative estimate of drug-likeness (QED) is 0.526. The number of rotatable bonds is 8. The summed E-state index contributed by atoms with van der Waals surface area (Å²) < 4.78 is 22.0. The van der Waals surface area contributed by atoms with E-state index >= 15 is 0 Å². The van der Waals surface area contributed by atoms with Crippen molar-refractivity contribution in [2.45, 2.75) is 72.1 Å². The molecule has 0 saturated carbocycles. The van der Waals surface area contributed by atoms with Gasteiger partial charge in [-0.2, -0.15) is 0 Å².